The van der Waals surface area contributed by atoms with Crippen LogP contribution in [0.3, 0.4) is 0 Å². The molecule has 0 heterocycles. The zero-order valence-corrected chi connectivity index (χ0v) is 9.96. The van der Waals surface area contributed by atoms with Crippen LogP contribution in [0.2, 0.25) is 0 Å². The van der Waals surface area contributed by atoms with Crippen molar-refractivity contribution in [3.63, 3.8) is 0 Å². The van der Waals surface area contributed by atoms with E-state index in [1.54, 1.807) is 12.1 Å². The topological polar surface area (TPSA) is 41.3 Å². The lowest BCUT2D eigenvalue weighted by Gasteiger charge is -2.23. The molecule has 0 saturated carbocycles. The first-order valence-electron chi connectivity index (χ1n) is 5.69. The molecule has 0 spiro atoms. The van der Waals surface area contributed by atoms with E-state index >= 15 is 0 Å². The number of rotatable bonds is 6. The number of likely N-dealkylation sites (N-methyl/N-ethyl adjacent to an activating group) is 2. The van der Waals surface area contributed by atoms with E-state index in [1.165, 1.54) is 6.07 Å². The fourth-order valence-corrected chi connectivity index (χ4v) is 1.62. The van der Waals surface area contributed by atoms with Gasteiger partial charge >= 0.3 is 0 Å². The van der Waals surface area contributed by atoms with E-state index in [-0.39, 0.29) is 5.82 Å². The minimum atomic E-state index is -0.252. The summed E-state index contributed by atoms with van der Waals surface area (Å²) in [5, 5.41) is 3.22. The maximum absolute atomic E-state index is 13.7. The lowest BCUT2D eigenvalue weighted by Crippen LogP contribution is -2.32. The van der Waals surface area contributed by atoms with Gasteiger partial charge in [-0.25, -0.2) is 4.39 Å². The van der Waals surface area contributed by atoms with Crippen LogP contribution in [-0.4, -0.2) is 26.2 Å². The van der Waals surface area contributed by atoms with Crippen LogP contribution in [0.4, 0.5) is 15.8 Å². The summed E-state index contributed by atoms with van der Waals surface area (Å²) in [5.41, 5.74) is 6.60. The summed E-state index contributed by atoms with van der Waals surface area (Å²) < 4.78 is 13.7. The second-order valence-corrected chi connectivity index (χ2v) is 3.64. The van der Waals surface area contributed by atoms with Gasteiger partial charge in [0, 0.05) is 25.3 Å². The molecule has 0 bridgehead atoms. The lowest BCUT2D eigenvalue weighted by molar-refractivity contribution is 0.613. The number of anilines is 2. The summed E-state index contributed by atoms with van der Waals surface area (Å²) in [6, 6.07) is 4.83. The molecule has 0 aliphatic heterocycles. The summed E-state index contributed by atoms with van der Waals surface area (Å²) in [6.45, 7) is 7.44. The molecule has 90 valence electrons. The molecule has 0 radical (unpaired) electrons. The second-order valence-electron chi connectivity index (χ2n) is 3.64. The van der Waals surface area contributed by atoms with Gasteiger partial charge in [0.05, 0.1) is 5.69 Å². The molecular weight excluding hydrogens is 205 g/mol. The molecule has 1 rings (SSSR count). The number of hydrogen-bond acceptors (Lipinski definition) is 3. The summed E-state index contributed by atoms with van der Waals surface area (Å²) >= 11 is 0. The van der Waals surface area contributed by atoms with E-state index in [0.717, 1.165) is 26.2 Å². The standard InChI is InChI=1S/C12H20FN3/c1-3-15-7-8-16(4-2)12-6-5-10(14)9-11(12)13/h5-6,9,15H,3-4,7-8,14H2,1-2H3. The summed E-state index contributed by atoms with van der Waals surface area (Å²) in [6.07, 6.45) is 0. The highest BCUT2D eigenvalue weighted by molar-refractivity contribution is 5.54. The highest BCUT2D eigenvalue weighted by Gasteiger charge is 2.09. The van der Waals surface area contributed by atoms with E-state index < -0.39 is 0 Å². The van der Waals surface area contributed by atoms with Crippen LogP contribution in [-0.2, 0) is 0 Å². The van der Waals surface area contributed by atoms with E-state index in [1.807, 2.05) is 11.8 Å². The van der Waals surface area contributed by atoms with Crippen molar-refractivity contribution in [2.75, 3.05) is 36.8 Å². The number of halogens is 1. The smallest absolute Gasteiger partial charge is 0.148 e. The fraction of sp³-hybridized carbons (Fsp3) is 0.500. The van der Waals surface area contributed by atoms with Crippen molar-refractivity contribution < 1.29 is 4.39 Å². The molecule has 1 aromatic carbocycles. The number of hydrogen-bond donors (Lipinski definition) is 2. The average Bonchev–Trinajstić information content (AvgIpc) is 2.26. The Kier molecular flexibility index (Phi) is 5.05. The third kappa shape index (κ3) is 3.38. The van der Waals surface area contributed by atoms with Gasteiger partial charge in [-0.05, 0) is 31.7 Å². The monoisotopic (exact) mass is 225 g/mol. The Labute approximate surface area is 96.4 Å². The van der Waals surface area contributed by atoms with Crippen LogP contribution in [0.5, 0.6) is 0 Å². The van der Waals surface area contributed by atoms with Crippen molar-refractivity contribution in [3.8, 4) is 0 Å². The maximum Gasteiger partial charge on any atom is 0.148 e. The van der Waals surface area contributed by atoms with Gasteiger partial charge in [-0.15, -0.1) is 0 Å². The van der Waals surface area contributed by atoms with Gasteiger partial charge in [-0.3, -0.25) is 0 Å². The quantitative estimate of drug-likeness (QED) is 0.573. The van der Waals surface area contributed by atoms with Crippen molar-refractivity contribution in [2.24, 2.45) is 0 Å². The number of nitrogen functional groups attached to an aromatic ring is 1. The Morgan fingerprint density at radius 1 is 1.38 bits per heavy atom. The van der Waals surface area contributed by atoms with Gasteiger partial charge in [0.15, 0.2) is 0 Å². The molecule has 0 aliphatic rings. The largest absolute Gasteiger partial charge is 0.399 e. The average molecular weight is 225 g/mol. The SMILES string of the molecule is CCNCCN(CC)c1ccc(N)cc1F. The normalized spacial score (nSPS) is 10.4. The fourth-order valence-electron chi connectivity index (χ4n) is 1.62. The molecule has 0 amide bonds. The molecule has 0 saturated heterocycles. The predicted molar refractivity (Wildman–Crippen MR) is 67.2 cm³/mol. The van der Waals surface area contributed by atoms with Crippen molar-refractivity contribution >= 4 is 11.4 Å². The maximum atomic E-state index is 13.7. The molecule has 1 aromatic rings. The minimum absolute atomic E-state index is 0.252. The summed E-state index contributed by atoms with van der Waals surface area (Å²) in [5.74, 6) is -0.252. The Hall–Kier alpha value is -1.29. The van der Waals surface area contributed by atoms with Crippen molar-refractivity contribution in [2.45, 2.75) is 13.8 Å². The van der Waals surface area contributed by atoms with Crippen LogP contribution in [0.1, 0.15) is 13.8 Å². The third-order valence-corrected chi connectivity index (χ3v) is 2.50. The molecule has 0 aromatic heterocycles. The zero-order chi connectivity index (χ0) is 12.0. The molecular formula is C12H20FN3. The highest BCUT2D eigenvalue weighted by Crippen LogP contribution is 2.20. The van der Waals surface area contributed by atoms with Gasteiger partial charge in [-0.2, -0.15) is 0 Å². The van der Waals surface area contributed by atoms with E-state index in [4.69, 9.17) is 5.73 Å². The third-order valence-electron chi connectivity index (χ3n) is 2.50. The molecule has 0 fully saturated rings. The van der Waals surface area contributed by atoms with Crippen molar-refractivity contribution in [3.05, 3.63) is 24.0 Å². The van der Waals surface area contributed by atoms with Crippen LogP contribution in [0.25, 0.3) is 0 Å². The van der Waals surface area contributed by atoms with E-state index in [0.29, 0.717) is 11.4 Å². The lowest BCUT2D eigenvalue weighted by atomic mass is 10.2. The number of nitrogens with two attached hydrogens (primary N) is 1. The Bertz CT molecular complexity index is 328. The van der Waals surface area contributed by atoms with E-state index in [2.05, 4.69) is 12.2 Å². The molecule has 0 unspecified atom stereocenters. The summed E-state index contributed by atoms with van der Waals surface area (Å²) in [7, 11) is 0. The molecule has 4 heteroatoms. The number of nitrogens with one attached hydrogen (secondary N) is 1. The highest BCUT2D eigenvalue weighted by atomic mass is 19.1. The molecule has 3 nitrogen and oxygen atoms in total. The molecule has 0 atom stereocenters. The van der Waals surface area contributed by atoms with Crippen molar-refractivity contribution in [1.82, 2.24) is 5.32 Å². The van der Waals surface area contributed by atoms with Gasteiger partial charge < -0.3 is 16.0 Å². The molecule has 3 N–H and O–H groups in total. The zero-order valence-electron chi connectivity index (χ0n) is 9.96. The number of benzene rings is 1. The van der Waals surface area contributed by atoms with Crippen LogP contribution >= 0.6 is 0 Å². The Balaban J connectivity index is 2.70. The van der Waals surface area contributed by atoms with Gasteiger partial charge in [0.2, 0.25) is 0 Å². The first-order chi connectivity index (χ1) is 7.69. The summed E-state index contributed by atoms with van der Waals surface area (Å²) in [4.78, 5) is 2.00. The predicted octanol–water partition coefficient (Wildman–Crippen LogP) is 1.84. The first kappa shape index (κ1) is 12.8. The number of nitrogens with zero attached hydrogens (tertiary/aromatic N) is 1. The minimum Gasteiger partial charge on any atom is -0.399 e. The van der Waals surface area contributed by atoms with Gasteiger partial charge in [-0.1, -0.05) is 6.92 Å². The van der Waals surface area contributed by atoms with Gasteiger partial charge in [0.1, 0.15) is 5.82 Å². The van der Waals surface area contributed by atoms with Crippen LogP contribution in [0.15, 0.2) is 18.2 Å². The van der Waals surface area contributed by atoms with Crippen LogP contribution in [0, 0.1) is 5.82 Å². The Morgan fingerprint density at radius 2 is 2.12 bits per heavy atom. The molecule has 0 aliphatic carbocycles. The van der Waals surface area contributed by atoms with E-state index in [9.17, 15) is 4.39 Å². The second kappa shape index (κ2) is 6.33. The first-order valence-corrected chi connectivity index (χ1v) is 5.69. The van der Waals surface area contributed by atoms with Crippen LogP contribution < -0.4 is 16.0 Å². The molecule has 16 heavy (non-hydrogen) atoms. The van der Waals surface area contributed by atoms with Crippen molar-refractivity contribution in [1.29, 1.82) is 0 Å². The van der Waals surface area contributed by atoms with Gasteiger partial charge in [0.25, 0.3) is 0 Å². The Morgan fingerprint density at radius 3 is 2.69 bits per heavy atom.